The Bertz CT molecular complexity index is 501. The fraction of sp³-hybridized carbons (Fsp3) is 0.182. The molecule has 2 heterocycles. The molecule has 2 aromatic heterocycles. The fourth-order valence-electron chi connectivity index (χ4n) is 1.40. The number of pyridine rings is 1. The largest absolute Gasteiger partial charge is 0.343 e. The monoisotopic (exact) mass is 170 g/mol. The van der Waals surface area contributed by atoms with E-state index in [2.05, 4.69) is 22.8 Å². The van der Waals surface area contributed by atoms with Crippen molar-refractivity contribution in [3.05, 3.63) is 29.1 Å². The molecule has 1 N–H and O–H groups in total. The first-order chi connectivity index (χ1) is 6.22. The molecule has 0 aliphatic heterocycles. The van der Waals surface area contributed by atoms with Crippen molar-refractivity contribution < 1.29 is 0 Å². The van der Waals surface area contributed by atoms with Crippen LogP contribution in [-0.4, -0.2) is 9.97 Å². The lowest BCUT2D eigenvalue weighted by atomic mass is 10.1. The summed E-state index contributed by atoms with van der Waals surface area (Å²) >= 11 is 0. The van der Waals surface area contributed by atoms with E-state index in [4.69, 9.17) is 6.42 Å². The standard InChI is InChI=1S/C11H10N2/c1-4-9-5-10-7(2)8(3)13-11(10)12-6-9/h1,5-6H,2-3H3,(H,12,13). The zero-order chi connectivity index (χ0) is 9.42. The van der Waals surface area contributed by atoms with E-state index in [1.165, 1.54) is 5.56 Å². The number of nitrogens with one attached hydrogen (secondary N) is 1. The minimum atomic E-state index is 0.828. The van der Waals surface area contributed by atoms with E-state index in [0.29, 0.717) is 0 Å². The van der Waals surface area contributed by atoms with Gasteiger partial charge in [-0.3, -0.25) is 0 Å². The normalized spacial score (nSPS) is 10.2. The van der Waals surface area contributed by atoms with Gasteiger partial charge in [0.2, 0.25) is 0 Å². The van der Waals surface area contributed by atoms with Gasteiger partial charge in [0.25, 0.3) is 0 Å². The van der Waals surface area contributed by atoms with E-state index < -0.39 is 0 Å². The van der Waals surface area contributed by atoms with Gasteiger partial charge in [-0.15, -0.1) is 6.42 Å². The summed E-state index contributed by atoms with van der Waals surface area (Å²) in [4.78, 5) is 7.43. The van der Waals surface area contributed by atoms with Crippen LogP contribution in [0, 0.1) is 26.2 Å². The van der Waals surface area contributed by atoms with Gasteiger partial charge in [-0.05, 0) is 25.5 Å². The Balaban J connectivity index is 2.84. The lowest BCUT2D eigenvalue weighted by Crippen LogP contribution is -1.79. The smallest absolute Gasteiger partial charge is 0.137 e. The van der Waals surface area contributed by atoms with Crippen LogP contribution in [-0.2, 0) is 0 Å². The second-order valence-electron chi connectivity index (χ2n) is 3.14. The van der Waals surface area contributed by atoms with Gasteiger partial charge in [0.05, 0.1) is 0 Å². The second kappa shape index (κ2) is 2.63. The van der Waals surface area contributed by atoms with Crippen molar-refractivity contribution in [2.24, 2.45) is 0 Å². The predicted octanol–water partition coefficient (Wildman–Crippen LogP) is 2.16. The van der Waals surface area contributed by atoms with Gasteiger partial charge in [0.15, 0.2) is 0 Å². The molecule has 2 heteroatoms. The van der Waals surface area contributed by atoms with Crippen LogP contribution in [0.25, 0.3) is 11.0 Å². The maximum Gasteiger partial charge on any atom is 0.137 e. The highest BCUT2D eigenvalue weighted by molar-refractivity contribution is 5.82. The topological polar surface area (TPSA) is 28.7 Å². The highest BCUT2D eigenvalue weighted by atomic mass is 14.9. The third-order valence-corrected chi connectivity index (χ3v) is 2.33. The van der Waals surface area contributed by atoms with Crippen LogP contribution in [0.3, 0.4) is 0 Å². The second-order valence-corrected chi connectivity index (χ2v) is 3.14. The summed E-state index contributed by atoms with van der Waals surface area (Å²) in [6.07, 6.45) is 7.00. The molecule has 0 bridgehead atoms. The Morgan fingerprint density at radius 2 is 2.23 bits per heavy atom. The van der Waals surface area contributed by atoms with Crippen LogP contribution in [0.4, 0.5) is 0 Å². The number of H-pyrrole nitrogens is 1. The number of aryl methyl sites for hydroxylation is 2. The number of aromatic amines is 1. The van der Waals surface area contributed by atoms with Gasteiger partial charge in [-0.1, -0.05) is 5.92 Å². The van der Waals surface area contributed by atoms with Gasteiger partial charge >= 0.3 is 0 Å². The van der Waals surface area contributed by atoms with Crippen molar-refractivity contribution in [2.75, 3.05) is 0 Å². The van der Waals surface area contributed by atoms with Crippen molar-refractivity contribution in [1.82, 2.24) is 9.97 Å². The maximum absolute atomic E-state index is 5.30. The summed E-state index contributed by atoms with van der Waals surface area (Å²) in [6.45, 7) is 4.10. The van der Waals surface area contributed by atoms with E-state index >= 15 is 0 Å². The molecule has 0 radical (unpaired) electrons. The summed E-state index contributed by atoms with van der Waals surface area (Å²) in [6, 6.07) is 1.99. The van der Waals surface area contributed by atoms with E-state index in [9.17, 15) is 0 Å². The zero-order valence-electron chi connectivity index (χ0n) is 7.68. The highest BCUT2D eigenvalue weighted by Gasteiger charge is 2.04. The number of aromatic nitrogens is 2. The van der Waals surface area contributed by atoms with E-state index in [-0.39, 0.29) is 0 Å². The minimum Gasteiger partial charge on any atom is -0.343 e. The molecule has 0 saturated carbocycles. The van der Waals surface area contributed by atoms with Gasteiger partial charge in [-0.2, -0.15) is 0 Å². The molecule has 0 aromatic carbocycles. The maximum atomic E-state index is 5.30. The quantitative estimate of drug-likeness (QED) is 0.603. The number of fused-ring (bicyclic) bond motifs is 1. The molecule has 13 heavy (non-hydrogen) atoms. The first-order valence-corrected chi connectivity index (χ1v) is 4.14. The van der Waals surface area contributed by atoms with Gasteiger partial charge in [0.1, 0.15) is 5.65 Å². The van der Waals surface area contributed by atoms with Crippen molar-refractivity contribution in [3.8, 4) is 12.3 Å². The molecular formula is C11H10N2. The number of hydrogen-bond acceptors (Lipinski definition) is 1. The van der Waals surface area contributed by atoms with Crippen LogP contribution in [0.2, 0.25) is 0 Å². The predicted molar refractivity (Wildman–Crippen MR) is 53.5 cm³/mol. The Morgan fingerprint density at radius 3 is 2.92 bits per heavy atom. The highest BCUT2D eigenvalue weighted by Crippen LogP contribution is 2.19. The van der Waals surface area contributed by atoms with Crippen LogP contribution in [0.15, 0.2) is 12.3 Å². The molecule has 2 aromatic rings. The summed E-state index contributed by atoms with van der Waals surface area (Å²) in [7, 11) is 0. The van der Waals surface area contributed by atoms with Gasteiger partial charge < -0.3 is 4.98 Å². The summed E-state index contributed by atoms with van der Waals surface area (Å²) in [5.41, 5.74) is 4.11. The minimum absolute atomic E-state index is 0.828. The first kappa shape index (κ1) is 7.88. The molecule has 2 nitrogen and oxygen atoms in total. The molecule has 0 saturated heterocycles. The Morgan fingerprint density at radius 1 is 1.46 bits per heavy atom. The molecule has 64 valence electrons. The molecule has 0 amide bonds. The third kappa shape index (κ3) is 1.09. The average Bonchev–Trinajstić information content (AvgIpc) is 2.43. The number of nitrogens with zero attached hydrogens (tertiary/aromatic N) is 1. The average molecular weight is 170 g/mol. The lowest BCUT2D eigenvalue weighted by Gasteiger charge is -1.92. The summed E-state index contributed by atoms with van der Waals surface area (Å²) in [5, 5.41) is 1.12. The zero-order valence-corrected chi connectivity index (χ0v) is 7.68. The summed E-state index contributed by atoms with van der Waals surface area (Å²) in [5.74, 6) is 2.58. The van der Waals surface area contributed by atoms with Crippen LogP contribution in [0.5, 0.6) is 0 Å². The van der Waals surface area contributed by atoms with Crippen molar-refractivity contribution in [1.29, 1.82) is 0 Å². The van der Waals surface area contributed by atoms with E-state index in [1.807, 2.05) is 13.0 Å². The molecule has 0 aliphatic rings. The number of hydrogen-bond donors (Lipinski definition) is 1. The molecule has 2 rings (SSSR count). The fourth-order valence-corrected chi connectivity index (χ4v) is 1.40. The van der Waals surface area contributed by atoms with Crippen LogP contribution >= 0.6 is 0 Å². The molecule has 0 aliphatic carbocycles. The van der Waals surface area contributed by atoms with Gasteiger partial charge in [-0.25, -0.2) is 4.98 Å². The lowest BCUT2D eigenvalue weighted by molar-refractivity contribution is 1.22. The number of terminal acetylenes is 1. The van der Waals surface area contributed by atoms with Crippen molar-refractivity contribution in [3.63, 3.8) is 0 Å². The summed E-state index contributed by atoms with van der Waals surface area (Å²) < 4.78 is 0. The van der Waals surface area contributed by atoms with Crippen molar-refractivity contribution >= 4 is 11.0 Å². The van der Waals surface area contributed by atoms with Crippen LogP contribution < -0.4 is 0 Å². The molecular weight excluding hydrogens is 160 g/mol. The molecule has 0 atom stereocenters. The first-order valence-electron chi connectivity index (χ1n) is 4.14. The van der Waals surface area contributed by atoms with Crippen molar-refractivity contribution in [2.45, 2.75) is 13.8 Å². The Hall–Kier alpha value is -1.75. The van der Waals surface area contributed by atoms with E-state index in [1.54, 1.807) is 6.20 Å². The van der Waals surface area contributed by atoms with E-state index in [0.717, 1.165) is 22.3 Å². The SMILES string of the molecule is C#Cc1cnc2[nH]c(C)c(C)c2c1. The third-order valence-electron chi connectivity index (χ3n) is 2.33. The molecule has 0 fully saturated rings. The number of rotatable bonds is 0. The van der Waals surface area contributed by atoms with Crippen LogP contribution in [0.1, 0.15) is 16.8 Å². The Kier molecular flexibility index (Phi) is 1.60. The van der Waals surface area contributed by atoms with Gasteiger partial charge in [0, 0.05) is 22.8 Å². The molecule has 0 unspecified atom stereocenters. The molecule has 0 spiro atoms. The Labute approximate surface area is 77.0 Å².